The van der Waals surface area contributed by atoms with E-state index in [0.29, 0.717) is 6.07 Å². The Morgan fingerprint density at radius 3 is 2.43 bits per heavy atom. The number of nitrogens with zero attached hydrogens (tertiary/aromatic N) is 4. The lowest BCUT2D eigenvalue weighted by Gasteiger charge is -2.33. The highest BCUT2D eigenvalue weighted by atomic mass is 35.5. The molecule has 1 aliphatic heterocycles. The van der Waals surface area contributed by atoms with Crippen LogP contribution in [0.3, 0.4) is 0 Å². The molecule has 12 heteroatoms. The summed E-state index contributed by atoms with van der Waals surface area (Å²) in [5, 5.41) is 3.70. The molecule has 0 aliphatic carbocycles. The molecule has 0 atom stereocenters. The van der Waals surface area contributed by atoms with E-state index >= 15 is 0 Å². The number of rotatable bonds is 4. The SMILES string of the molecule is Cn1cc(/C=C/C(=O)N2CCN(S(=O)(=O)c3cc(C(F)(F)F)ccc3Cl)CC2)cn1. The maximum absolute atomic E-state index is 13.0. The lowest BCUT2D eigenvalue weighted by Crippen LogP contribution is -2.50. The smallest absolute Gasteiger partial charge is 0.337 e. The summed E-state index contributed by atoms with van der Waals surface area (Å²) in [7, 11) is -2.50. The molecule has 3 rings (SSSR count). The van der Waals surface area contributed by atoms with Crippen molar-refractivity contribution in [3.05, 3.63) is 52.8 Å². The van der Waals surface area contributed by atoms with E-state index in [4.69, 9.17) is 11.6 Å². The molecule has 0 bridgehead atoms. The van der Waals surface area contributed by atoms with Gasteiger partial charge in [0.25, 0.3) is 0 Å². The number of sulfonamides is 1. The summed E-state index contributed by atoms with van der Waals surface area (Å²) < 4.78 is 67.1. The number of aryl methyl sites for hydroxylation is 1. The Morgan fingerprint density at radius 1 is 1.20 bits per heavy atom. The van der Waals surface area contributed by atoms with Crippen molar-refractivity contribution in [1.82, 2.24) is 19.0 Å². The van der Waals surface area contributed by atoms with Crippen LogP contribution in [0.2, 0.25) is 5.02 Å². The monoisotopic (exact) mass is 462 g/mol. The van der Waals surface area contributed by atoms with Gasteiger partial charge in [-0.25, -0.2) is 8.42 Å². The zero-order valence-electron chi connectivity index (χ0n) is 15.8. The minimum atomic E-state index is -4.69. The van der Waals surface area contributed by atoms with E-state index in [2.05, 4.69) is 5.10 Å². The molecule has 0 radical (unpaired) electrons. The van der Waals surface area contributed by atoms with Crippen molar-refractivity contribution in [3.63, 3.8) is 0 Å². The van der Waals surface area contributed by atoms with Crippen molar-refractivity contribution in [2.24, 2.45) is 7.05 Å². The molecule has 0 N–H and O–H groups in total. The van der Waals surface area contributed by atoms with Gasteiger partial charge in [-0.15, -0.1) is 0 Å². The molecule has 1 aliphatic rings. The van der Waals surface area contributed by atoms with E-state index in [0.717, 1.165) is 22.0 Å². The largest absolute Gasteiger partial charge is 0.416 e. The third kappa shape index (κ3) is 4.85. The fraction of sp³-hybridized carbons (Fsp3) is 0.333. The van der Waals surface area contributed by atoms with Gasteiger partial charge in [-0.2, -0.15) is 22.6 Å². The standard InChI is InChI=1S/C18H18ClF3N4O3S/c1-24-12-13(11-23-24)2-5-17(27)25-6-8-26(9-7-25)30(28,29)16-10-14(18(20,21)22)3-4-15(16)19/h2-5,10-12H,6-9H2,1H3/b5-2+. The predicted molar refractivity (Wildman–Crippen MR) is 104 cm³/mol. The lowest BCUT2D eigenvalue weighted by atomic mass is 10.2. The van der Waals surface area contributed by atoms with Crippen molar-refractivity contribution in [1.29, 1.82) is 0 Å². The first-order valence-corrected chi connectivity index (χ1v) is 10.6. The van der Waals surface area contributed by atoms with Gasteiger partial charge >= 0.3 is 6.18 Å². The van der Waals surface area contributed by atoms with Crippen LogP contribution in [0, 0.1) is 0 Å². The van der Waals surface area contributed by atoms with Gasteiger partial charge < -0.3 is 4.90 Å². The van der Waals surface area contributed by atoms with Crippen molar-refractivity contribution in [2.45, 2.75) is 11.1 Å². The second-order valence-electron chi connectivity index (χ2n) is 6.65. The number of halogens is 4. The molecule has 0 saturated carbocycles. The molecule has 1 aromatic heterocycles. The predicted octanol–water partition coefficient (Wildman–Crippen LogP) is 2.64. The van der Waals surface area contributed by atoms with Crippen LogP contribution >= 0.6 is 11.6 Å². The second kappa shape index (κ2) is 8.40. The van der Waals surface area contributed by atoms with E-state index < -0.39 is 26.7 Å². The number of hydrogen-bond donors (Lipinski definition) is 0. The van der Waals surface area contributed by atoms with Crippen LogP contribution < -0.4 is 0 Å². The van der Waals surface area contributed by atoms with Crippen LogP contribution in [0.25, 0.3) is 6.08 Å². The van der Waals surface area contributed by atoms with Crippen molar-refractivity contribution in [2.75, 3.05) is 26.2 Å². The van der Waals surface area contributed by atoms with Crippen LogP contribution in [0.4, 0.5) is 13.2 Å². The third-order valence-electron chi connectivity index (χ3n) is 4.57. The number of aromatic nitrogens is 2. The Labute approximate surface area is 176 Å². The van der Waals surface area contributed by atoms with Crippen LogP contribution in [-0.4, -0.2) is 59.5 Å². The molecule has 0 spiro atoms. The van der Waals surface area contributed by atoms with Crippen LogP contribution in [-0.2, 0) is 28.0 Å². The van der Waals surface area contributed by atoms with Gasteiger partial charge in [0.2, 0.25) is 15.9 Å². The van der Waals surface area contributed by atoms with Gasteiger partial charge in [-0.1, -0.05) is 11.6 Å². The van der Waals surface area contributed by atoms with Crippen molar-refractivity contribution in [3.8, 4) is 0 Å². The number of alkyl halides is 3. The number of benzene rings is 1. The minimum absolute atomic E-state index is 0.0542. The molecule has 1 amide bonds. The molecule has 2 heterocycles. The topological polar surface area (TPSA) is 75.5 Å². The third-order valence-corrected chi connectivity index (χ3v) is 6.95. The summed E-state index contributed by atoms with van der Waals surface area (Å²) >= 11 is 5.88. The Hall–Kier alpha value is -2.37. The normalized spacial score (nSPS) is 16.4. The number of hydrogen-bond acceptors (Lipinski definition) is 4. The van der Waals surface area contributed by atoms with Gasteiger partial charge in [0.1, 0.15) is 4.90 Å². The Balaban J connectivity index is 1.69. The lowest BCUT2D eigenvalue weighted by molar-refractivity contribution is -0.137. The van der Waals surface area contributed by atoms with Crippen LogP contribution in [0.15, 0.2) is 41.6 Å². The molecule has 1 fully saturated rings. The zero-order valence-corrected chi connectivity index (χ0v) is 17.4. The Kier molecular flexibility index (Phi) is 6.25. The summed E-state index contributed by atoms with van der Waals surface area (Å²) in [6.45, 7) is 0.0980. The summed E-state index contributed by atoms with van der Waals surface area (Å²) in [6.07, 6.45) is 1.59. The molecule has 30 heavy (non-hydrogen) atoms. The molecule has 1 saturated heterocycles. The highest BCUT2D eigenvalue weighted by molar-refractivity contribution is 7.89. The van der Waals surface area contributed by atoms with E-state index in [9.17, 15) is 26.4 Å². The Morgan fingerprint density at radius 2 is 1.87 bits per heavy atom. The van der Waals surface area contributed by atoms with Gasteiger partial charge in [0, 0.05) is 51.1 Å². The first kappa shape index (κ1) is 22.3. The molecular formula is C18H18ClF3N4O3S. The van der Waals surface area contributed by atoms with Gasteiger partial charge in [0.05, 0.1) is 16.8 Å². The highest BCUT2D eigenvalue weighted by Crippen LogP contribution is 2.34. The highest BCUT2D eigenvalue weighted by Gasteiger charge is 2.35. The van der Waals surface area contributed by atoms with Crippen molar-refractivity contribution < 1.29 is 26.4 Å². The Bertz CT molecular complexity index is 1070. The average Bonchev–Trinajstić information content (AvgIpc) is 3.10. The fourth-order valence-corrected chi connectivity index (χ4v) is 4.89. The first-order valence-electron chi connectivity index (χ1n) is 8.81. The quantitative estimate of drug-likeness (QED) is 0.655. The molecule has 0 unspecified atom stereocenters. The minimum Gasteiger partial charge on any atom is -0.337 e. The van der Waals surface area contributed by atoms with E-state index in [-0.39, 0.29) is 37.1 Å². The molecular weight excluding hydrogens is 445 g/mol. The number of amides is 1. The fourth-order valence-electron chi connectivity index (χ4n) is 2.96. The van der Waals surface area contributed by atoms with Gasteiger partial charge in [-0.05, 0) is 24.3 Å². The molecule has 162 valence electrons. The van der Waals surface area contributed by atoms with E-state index in [1.54, 1.807) is 30.2 Å². The maximum atomic E-state index is 13.0. The number of carbonyl (C=O) groups is 1. The zero-order chi connectivity index (χ0) is 22.1. The van der Waals surface area contributed by atoms with Crippen molar-refractivity contribution >= 4 is 33.6 Å². The summed E-state index contributed by atoms with van der Waals surface area (Å²) in [6, 6.07) is 2.18. The molecule has 2 aromatic rings. The number of carbonyl (C=O) groups excluding carboxylic acids is 1. The average molecular weight is 463 g/mol. The number of piperazine rings is 1. The van der Waals surface area contributed by atoms with Gasteiger partial charge in [-0.3, -0.25) is 9.48 Å². The summed E-state index contributed by atoms with van der Waals surface area (Å²) in [5.74, 6) is -0.298. The van der Waals surface area contributed by atoms with Gasteiger partial charge in [0.15, 0.2) is 0 Å². The van der Waals surface area contributed by atoms with E-state index in [1.165, 1.54) is 11.0 Å². The van der Waals surface area contributed by atoms with Crippen LogP contribution in [0.5, 0.6) is 0 Å². The molecule has 1 aromatic carbocycles. The van der Waals surface area contributed by atoms with E-state index in [1.807, 2.05) is 0 Å². The summed E-state index contributed by atoms with van der Waals surface area (Å²) in [4.78, 5) is 13.2. The molecule has 7 nitrogen and oxygen atoms in total. The summed E-state index contributed by atoms with van der Waals surface area (Å²) in [5.41, 5.74) is -0.355. The first-order chi connectivity index (χ1) is 14.0. The second-order valence-corrected chi connectivity index (χ2v) is 8.97. The van der Waals surface area contributed by atoms with Crippen LogP contribution in [0.1, 0.15) is 11.1 Å². The maximum Gasteiger partial charge on any atom is 0.416 e.